The molecule has 0 radical (unpaired) electrons. The number of hydrogen-bond acceptors (Lipinski definition) is 2. The lowest BCUT2D eigenvalue weighted by Gasteiger charge is -2.30. The maximum atomic E-state index is 13.1. The molecule has 104 valence electrons. The zero-order valence-corrected chi connectivity index (χ0v) is 11.2. The molecule has 1 aliphatic heterocycles. The van der Waals surface area contributed by atoms with Crippen LogP contribution in [0.5, 0.6) is 0 Å². The fourth-order valence-electron chi connectivity index (χ4n) is 2.44. The molecule has 1 N–H and O–H groups in total. The molecule has 3 nitrogen and oxygen atoms in total. The molecule has 1 heterocycles. The molecule has 19 heavy (non-hydrogen) atoms. The number of aliphatic hydroxyl groups excluding tert-OH is 1. The molecular weight excluding hydrogens is 245 g/mol. The zero-order chi connectivity index (χ0) is 13.8. The van der Waals surface area contributed by atoms with Crippen molar-refractivity contribution in [3.8, 4) is 0 Å². The van der Waals surface area contributed by atoms with E-state index in [1.165, 1.54) is 12.1 Å². The second-order valence-corrected chi connectivity index (χ2v) is 5.27. The summed E-state index contributed by atoms with van der Waals surface area (Å²) in [6.07, 6.45) is 1.42. The number of carbonyl (C=O) groups excluding carboxylic acids is 1. The Morgan fingerprint density at radius 3 is 2.79 bits per heavy atom. The molecule has 1 atom stereocenters. The summed E-state index contributed by atoms with van der Waals surface area (Å²) in [7, 11) is 0. The summed E-state index contributed by atoms with van der Waals surface area (Å²) in [5, 5.41) is 9.42. The van der Waals surface area contributed by atoms with Crippen molar-refractivity contribution in [2.24, 2.45) is 0 Å². The first-order chi connectivity index (χ1) is 9.06. The SMILES string of the molecule is CC(CC(=O)N1CCC(O)CC1)c1cccc(F)c1. The van der Waals surface area contributed by atoms with Crippen LogP contribution in [0, 0.1) is 5.82 Å². The Morgan fingerprint density at radius 1 is 1.47 bits per heavy atom. The average molecular weight is 265 g/mol. The number of carbonyl (C=O) groups is 1. The fourth-order valence-corrected chi connectivity index (χ4v) is 2.44. The first-order valence-corrected chi connectivity index (χ1v) is 6.77. The van der Waals surface area contributed by atoms with Crippen molar-refractivity contribution < 1.29 is 14.3 Å². The van der Waals surface area contributed by atoms with Crippen molar-refractivity contribution in [1.82, 2.24) is 4.90 Å². The van der Waals surface area contributed by atoms with Crippen molar-refractivity contribution in [3.05, 3.63) is 35.6 Å². The second-order valence-electron chi connectivity index (χ2n) is 5.27. The van der Waals surface area contributed by atoms with Gasteiger partial charge in [0.1, 0.15) is 5.82 Å². The Labute approximate surface area is 113 Å². The van der Waals surface area contributed by atoms with Gasteiger partial charge in [-0.25, -0.2) is 4.39 Å². The van der Waals surface area contributed by atoms with Crippen LogP contribution in [0.4, 0.5) is 4.39 Å². The van der Waals surface area contributed by atoms with E-state index < -0.39 is 0 Å². The highest BCUT2D eigenvalue weighted by atomic mass is 19.1. The smallest absolute Gasteiger partial charge is 0.223 e. The van der Waals surface area contributed by atoms with Gasteiger partial charge in [-0.1, -0.05) is 19.1 Å². The van der Waals surface area contributed by atoms with Crippen molar-refractivity contribution in [1.29, 1.82) is 0 Å². The molecule has 1 aromatic carbocycles. The van der Waals surface area contributed by atoms with E-state index in [-0.39, 0.29) is 23.7 Å². The van der Waals surface area contributed by atoms with E-state index in [0.717, 1.165) is 5.56 Å². The third kappa shape index (κ3) is 3.77. The predicted octanol–water partition coefficient (Wildman–Crippen LogP) is 2.30. The van der Waals surface area contributed by atoms with Crippen LogP contribution in [-0.2, 0) is 4.79 Å². The lowest BCUT2D eigenvalue weighted by Crippen LogP contribution is -2.40. The lowest BCUT2D eigenvalue weighted by molar-refractivity contribution is -0.133. The van der Waals surface area contributed by atoms with Gasteiger partial charge in [-0.3, -0.25) is 4.79 Å². The minimum atomic E-state index is -0.273. The van der Waals surface area contributed by atoms with Gasteiger partial charge in [0.05, 0.1) is 6.10 Å². The van der Waals surface area contributed by atoms with Gasteiger partial charge in [-0.05, 0) is 36.5 Å². The van der Waals surface area contributed by atoms with Gasteiger partial charge in [0.15, 0.2) is 0 Å². The van der Waals surface area contributed by atoms with E-state index >= 15 is 0 Å². The van der Waals surface area contributed by atoms with E-state index in [2.05, 4.69) is 0 Å². The first-order valence-electron chi connectivity index (χ1n) is 6.77. The molecule has 0 bridgehead atoms. The quantitative estimate of drug-likeness (QED) is 0.911. The second kappa shape index (κ2) is 6.15. The Kier molecular flexibility index (Phi) is 4.53. The number of aliphatic hydroxyl groups is 1. The Bertz CT molecular complexity index is 442. The molecule has 4 heteroatoms. The van der Waals surface area contributed by atoms with Crippen LogP contribution in [0.1, 0.15) is 37.7 Å². The van der Waals surface area contributed by atoms with Gasteiger partial charge in [-0.15, -0.1) is 0 Å². The van der Waals surface area contributed by atoms with Crippen LogP contribution in [0.25, 0.3) is 0 Å². The van der Waals surface area contributed by atoms with Crippen molar-refractivity contribution in [2.75, 3.05) is 13.1 Å². The highest BCUT2D eigenvalue weighted by molar-refractivity contribution is 5.77. The topological polar surface area (TPSA) is 40.5 Å². The Morgan fingerprint density at radius 2 is 2.16 bits per heavy atom. The van der Waals surface area contributed by atoms with Crippen LogP contribution < -0.4 is 0 Å². The van der Waals surface area contributed by atoms with Gasteiger partial charge in [-0.2, -0.15) is 0 Å². The number of nitrogens with zero attached hydrogens (tertiary/aromatic N) is 1. The third-order valence-electron chi connectivity index (χ3n) is 3.72. The molecule has 0 saturated carbocycles. The molecule has 1 aliphatic rings. The summed E-state index contributed by atoms with van der Waals surface area (Å²) in [4.78, 5) is 13.9. The monoisotopic (exact) mass is 265 g/mol. The van der Waals surface area contributed by atoms with Crippen molar-refractivity contribution >= 4 is 5.91 Å². The number of benzene rings is 1. The fraction of sp³-hybridized carbons (Fsp3) is 0.533. The van der Waals surface area contributed by atoms with E-state index in [9.17, 15) is 14.3 Å². The van der Waals surface area contributed by atoms with Gasteiger partial charge in [0, 0.05) is 19.5 Å². The minimum absolute atomic E-state index is 0.00931. The molecule has 0 aromatic heterocycles. The minimum Gasteiger partial charge on any atom is -0.393 e. The molecule has 1 saturated heterocycles. The summed E-state index contributed by atoms with van der Waals surface area (Å²) in [6.45, 7) is 3.18. The van der Waals surface area contributed by atoms with Crippen LogP contribution >= 0.6 is 0 Å². The third-order valence-corrected chi connectivity index (χ3v) is 3.72. The maximum Gasteiger partial charge on any atom is 0.223 e. The largest absolute Gasteiger partial charge is 0.393 e. The molecule has 1 fully saturated rings. The molecule has 1 amide bonds. The van der Waals surface area contributed by atoms with Gasteiger partial charge < -0.3 is 10.0 Å². The Hall–Kier alpha value is -1.42. The highest BCUT2D eigenvalue weighted by Gasteiger charge is 2.22. The normalized spacial score (nSPS) is 18.4. The highest BCUT2D eigenvalue weighted by Crippen LogP contribution is 2.22. The van der Waals surface area contributed by atoms with E-state index in [1.807, 2.05) is 13.0 Å². The number of likely N-dealkylation sites (tertiary alicyclic amines) is 1. The van der Waals surface area contributed by atoms with Crippen LogP contribution in [0.2, 0.25) is 0 Å². The molecule has 1 unspecified atom stereocenters. The van der Waals surface area contributed by atoms with E-state index in [1.54, 1.807) is 11.0 Å². The van der Waals surface area contributed by atoms with Gasteiger partial charge in [0.2, 0.25) is 5.91 Å². The summed E-state index contributed by atoms with van der Waals surface area (Å²) < 4.78 is 13.1. The molecule has 0 spiro atoms. The van der Waals surface area contributed by atoms with E-state index in [4.69, 9.17) is 0 Å². The van der Waals surface area contributed by atoms with Crippen LogP contribution in [0.15, 0.2) is 24.3 Å². The van der Waals surface area contributed by atoms with Crippen molar-refractivity contribution in [2.45, 2.75) is 38.2 Å². The summed E-state index contributed by atoms with van der Waals surface area (Å²) in [5.41, 5.74) is 0.852. The number of amides is 1. The number of rotatable bonds is 3. The summed E-state index contributed by atoms with van der Waals surface area (Å²) in [6, 6.07) is 6.41. The van der Waals surface area contributed by atoms with Crippen molar-refractivity contribution in [3.63, 3.8) is 0 Å². The number of hydrogen-bond donors (Lipinski definition) is 1. The van der Waals surface area contributed by atoms with Gasteiger partial charge >= 0.3 is 0 Å². The van der Waals surface area contributed by atoms with Gasteiger partial charge in [0.25, 0.3) is 0 Å². The molecule has 2 rings (SSSR count). The predicted molar refractivity (Wildman–Crippen MR) is 71.3 cm³/mol. The summed E-state index contributed by atoms with van der Waals surface area (Å²) >= 11 is 0. The Balaban J connectivity index is 1.91. The summed E-state index contributed by atoms with van der Waals surface area (Å²) in [5.74, 6) is -0.170. The number of piperidine rings is 1. The lowest BCUT2D eigenvalue weighted by atomic mass is 9.96. The first kappa shape index (κ1) is 14.0. The standard InChI is InChI=1S/C15H20FNO2/c1-11(12-3-2-4-13(16)10-12)9-15(19)17-7-5-14(18)6-8-17/h2-4,10-11,14,18H,5-9H2,1H3. The van der Waals surface area contributed by atoms with Crippen LogP contribution in [0.3, 0.4) is 0 Å². The number of halogens is 1. The van der Waals surface area contributed by atoms with E-state index in [0.29, 0.717) is 32.4 Å². The molecule has 0 aliphatic carbocycles. The molecule has 1 aromatic rings. The maximum absolute atomic E-state index is 13.1. The molecular formula is C15H20FNO2. The average Bonchev–Trinajstić information content (AvgIpc) is 2.39. The van der Waals surface area contributed by atoms with Crippen LogP contribution in [-0.4, -0.2) is 35.1 Å². The zero-order valence-electron chi connectivity index (χ0n) is 11.2.